The Labute approximate surface area is 245 Å². The van der Waals surface area contributed by atoms with Crippen LogP contribution in [0.25, 0.3) is 6.08 Å². The highest BCUT2D eigenvalue weighted by molar-refractivity contribution is 5.94. The maximum absolute atomic E-state index is 13.6. The van der Waals surface area contributed by atoms with Crippen molar-refractivity contribution in [3.8, 4) is 5.75 Å². The number of benzene rings is 1. The SMILES string of the molecule is CC1=CCC2CC(CC3(CC(O)C(C)C(C(C)=CC(C)C)O3)O2)OC(=O)c2cc(C)c(O)cc2C=CC=CC(C)C1. The van der Waals surface area contributed by atoms with Crippen molar-refractivity contribution in [2.75, 3.05) is 0 Å². The van der Waals surface area contributed by atoms with Crippen molar-refractivity contribution in [1.82, 2.24) is 0 Å². The lowest BCUT2D eigenvalue weighted by Crippen LogP contribution is -2.58. The third-order valence-electron chi connectivity index (χ3n) is 8.50. The molecule has 0 amide bonds. The van der Waals surface area contributed by atoms with Crippen molar-refractivity contribution >= 4 is 12.0 Å². The molecule has 41 heavy (non-hydrogen) atoms. The van der Waals surface area contributed by atoms with E-state index in [9.17, 15) is 15.0 Å². The largest absolute Gasteiger partial charge is 0.508 e. The van der Waals surface area contributed by atoms with Crippen molar-refractivity contribution in [2.45, 2.75) is 111 Å². The van der Waals surface area contributed by atoms with Crippen molar-refractivity contribution in [3.63, 3.8) is 0 Å². The van der Waals surface area contributed by atoms with Crippen molar-refractivity contribution in [2.24, 2.45) is 17.8 Å². The Bertz CT molecular complexity index is 1220. The lowest BCUT2D eigenvalue weighted by molar-refractivity contribution is -0.341. The summed E-state index contributed by atoms with van der Waals surface area (Å²) >= 11 is 0. The zero-order valence-corrected chi connectivity index (χ0v) is 25.7. The van der Waals surface area contributed by atoms with E-state index in [2.05, 4.69) is 52.8 Å². The van der Waals surface area contributed by atoms with Gasteiger partial charge in [0.1, 0.15) is 11.9 Å². The monoisotopic (exact) mass is 564 g/mol. The number of phenolic OH excluding ortho intramolecular Hbond substituents is 1. The number of aryl methyl sites for hydroxylation is 1. The first-order chi connectivity index (χ1) is 19.4. The van der Waals surface area contributed by atoms with Crippen LogP contribution in [0.15, 0.2) is 53.7 Å². The van der Waals surface area contributed by atoms with Crippen LogP contribution in [0, 0.1) is 24.7 Å². The summed E-state index contributed by atoms with van der Waals surface area (Å²) in [5.41, 5.74) is 3.97. The van der Waals surface area contributed by atoms with E-state index in [4.69, 9.17) is 14.2 Å². The molecule has 224 valence electrons. The van der Waals surface area contributed by atoms with Gasteiger partial charge in [-0.15, -0.1) is 0 Å². The summed E-state index contributed by atoms with van der Waals surface area (Å²) in [5.74, 6) is -0.773. The summed E-state index contributed by atoms with van der Waals surface area (Å²) in [5, 5.41) is 21.6. The molecule has 2 N–H and O–H groups in total. The summed E-state index contributed by atoms with van der Waals surface area (Å²) in [4.78, 5) is 13.6. The van der Waals surface area contributed by atoms with Gasteiger partial charge in [-0.25, -0.2) is 4.79 Å². The molecule has 0 aliphatic carbocycles. The van der Waals surface area contributed by atoms with Gasteiger partial charge in [-0.2, -0.15) is 0 Å². The van der Waals surface area contributed by atoms with Crippen LogP contribution < -0.4 is 0 Å². The van der Waals surface area contributed by atoms with E-state index < -0.39 is 24.0 Å². The van der Waals surface area contributed by atoms with E-state index in [1.165, 1.54) is 5.57 Å². The van der Waals surface area contributed by atoms with Gasteiger partial charge in [0.25, 0.3) is 0 Å². The number of aliphatic hydroxyl groups is 1. The summed E-state index contributed by atoms with van der Waals surface area (Å²) in [6.07, 6.45) is 13.4. The van der Waals surface area contributed by atoms with Crippen LogP contribution in [-0.2, 0) is 14.2 Å². The number of fused-ring (bicyclic) bond motifs is 3. The van der Waals surface area contributed by atoms with Gasteiger partial charge in [0.2, 0.25) is 0 Å². The fourth-order valence-electron chi connectivity index (χ4n) is 6.43. The number of aliphatic hydroxyl groups excluding tert-OH is 1. The van der Waals surface area contributed by atoms with Crippen molar-refractivity contribution in [3.05, 3.63) is 70.3 Å². The molecule has 1 spiro atoms. The van der Waals surface area contributed by atoms with E-state index in [1.807, 2.05) is 25.2 Å². The van der Waals surface area contributed by atoms with Crippen LogP contribution >= 0.6 is 0 Å². The number of phenols is 1. The second-order valence-corrected chi connectivity index (χ2v) is 12.9. The first kappa shape index (κ1) is 31.3. The zero-order valence-electron chi connectivity index (χ0n) is 25.7. The highest BCUT2D eigenvalue weighted by Gasteiger charge is 2.52. The molecule has 4 rings (SSSR count). The Kier molecular flexibility index (Phi) is 9.99. The second kappa shape index (κ2) is 13.1. The summed E-state index contributed by atoms with van der Waals surface area (Å²) in [6, 6.07) is 3.30. The highest BCUT2D eigenvalue weighted by Crippen LogP contribution is 2.44. The van der Waals surface area contributed by atoms with Crippen LogP contribution in [0.4, 0.5) is 0 Å². The molecule has 6 heteroatoms. The number of hydrogen-bond acceptors (Lipinski definition) is 6. The maximum atomic E-state index is 13.6. The fraction of sp³-hybridized carbons (Fsp3) is 0.571. The van der Waals surface area contributed by atoms with Gasteiger partial charge in [-0.05, 0) is 74.3 Å². The van der Waals surface area contributed by atoms with E-state index in [0.717, 1.165) is 12.0 Å². The molecule has 3 aliphatic heterocycles. The first-order valence-corrected chi connectivity index (χ1v) is 15.1. The van der Waals surface area contributed by atoms with Crippen LogP contribution in [0.5, 0.6) is 5.75 Å². The van der Waals surface area contributed by atoms with E-state index in [0.29, 0.717) is 54.2 Å². The molecule has 1 aromatic carbocycles. The number of carbonyl (C=O) groups excluding carboxylic acids is 1. The van der Waals surface area contributed by atoms with Gasteiger partial charge >= 0.3 is 5.97 Å². The average Bonchev–Trinajstić information content (AvgIpc) is 2.88. The number of carbonyl (C=O) groups is 1. The lowest BCUT2D eigenvalue weighted by atomic mass is 9.81. The topological polar surface area (TPSA) is 85.2 Å². The molecule has 2 fully saturated rings. The average molecular weight is 565 g/mol. The van der Waals surface area contributed by atoms with E-state index >= 15 is 0 Å². The third kappa shape index (κ3) is 7.79. The number of rotatable bonds is 2. The minimum Gasteiger partial charge on any atom is -0.508 e. The molecule has 7 atom stereocenters. The predicted octanol–water partition coefficient (Wildman–Crippen LogP) is 7.44. The minimum absolute atomic E-state index is 0.0860. The summed E-state index contributed by atoms with van der Waals surface area (Å²) < 4.78 is 19.7. The normalized spacial score (nSPS) is 33.4. The van der Waals surface area contributed by atoms with Gasteiger partial charge in [0, 0.05) is 25.2 Å². The molecule has 0 saturated carbocycles. The molecule has 0 radical (unpaired) electrons. The van der Waals surface area contributed by atoms with Gasteiger partial charge in [-0.3, -0.25) is 0 Å². The Morgan fingerprint density at radius 3 is 2.59 bits per heavy atom. The minimum atomic E-state index is -1.06. The number of allylic oxidation sites excluding steroid dienone is 5. The molecular formula is C35H48O6. The lowest BCUT2D eigenvalue weighted by Gasteiger charge is -2.51. The zero-order chi connectivity index (χ0) is 29.9. The summed E-state index contributed by atoms with van der Waals surface area (Å²) in [6.45, 7) is 14.4. The van der Waals surface area contributed by atoms with Gasteiger partial charge in [0.05, 0.1) is 23.9 Å². The van der Waals surface area contributed by atoms with Crippen molar-refractivity contribution < 1.29 is 29.2 Å². The molecular weight excluding hydrogens is 516 g/mol. The third-order valence-corrected chi connectivity index (χ3v) is 8.50. The number of esters is 1. The molecule has 0 aromatic heterocycles. The molecule has 1 aromatic rings. The van der Waals surface area contributed by atoms with Gasteiger partial charge in [-0.1, -0.05) is 69.7 Å². The van der Waals surface area contributed by atoms with Crippen LogP contribution in [0.1, 0.15) is 95.1 Å². The number of aromatic hydroxyl groups is 1. The van der Waals surface area contributed by atoms with Crippen LogP contribution in [0.2, 0.25) is 0 Å². The Morgan fingerprint density at radius 1 is 1.10 bits per heavy atom. The first-order valence-electron chi connectivity index (χ1n) is 15.1. The maximum Gasteiger partial charge on any atom is 0.339 e. The molecule has 7 unspecified atom stereocenters. The fourth-order valence-corrected chi connectivity index (χ4v) is 6.43. The molecule has 3 heterocycles. The standard InChI is InChI=1S/C35H48O6/c1-21(2)14-25(6)33-26(7)32(37)20-35(41-33)19-29-18-28(40-35)13-12-23(4)15-22(3)10-8-9-11-27-17-31(36)24(5)16-30(27)34(38)39-29/h8-12,14,16-17,21-22,26,28-29,32-33,36-37H,13,15,18-20H2,1-7H3. The smallest absolute Gasteiger partial charge is 0.339 e. The molecule has 2 bridgehead atoms. The van der Waals surface area contributed by atoms with Crippen molar-refractivity contribution in [1.29, 1.82) is 0 Å². The van der Waals surface area contributed by atoms with Gasteiger partial charge in [0.15, 0.2) is 5.79 Å². The Balaban J connectivity index is 1.72. The second-order valence-electron chi connectivity index (χ2n) is 12.9. The molecule has 6 nitrogen and oxygen atoms in total. The van der Waals surface area contributed by atoms with E-state index in [1.54, 1.807) is 19.1 Å². The number of ether oxygens (including phenoxy) is 3. The Hall–Kier alpha value is -2.67. The van der Waals surface area contributed by atoms with Crippen LogP contribution in [-0.4, -0.2) is 46.4 Å². The van der Waals surface area contributed by atoms with Gasteiger partial charge < -0.3 is 24.4 Å². The quantitative estimate of drug-likeness (QED) is 0.287. The summed E-state index contributed by atoms with van der Waals surface area (Å²) in [7, 11) is 0. The predicted molar refractivity (Wildman–Crippen MR) is 162 cm³/mol. The molecule has 3 aliphatic rings. The number of hydrogen-bond donors (Lipinski definition) is 2. The highest BCUT2D eigenvalue weighted by atomic mass is 16.7. The van der Waals surface area contributed by atoms with E-state index in [-0.39, 0.29) is 23.9 Å². The molecule has 2 saturated heterocycles. The Morgan fingerprint density at radius 2 is 1.85 bits per heavy atom. The van der Waals surface area contributed by atoms with Crippen LogP contribution in [0.3, 0.4) is 0 Å².